The first-order chi connectivity index (χ1) is 6.66. The van der Waals surface area contributed by atoms with Crippen molar-refractivity contribution < 1.29 is 4.79 Å². The Labute approximate surface area is 86.1 Å². The number of hydrogen-bond donors (Lipinski definition) is 0. The van der Waals surface area contributed by atoms with E-state index in [1.165, 1.54) is 5.56 Å². The Bertz CT molecular complexity index is 289. The number of carbonyl (C=O) groups excluding carboxylic acids is 1. The first-order valence-electron chi connectivity index (χ1n) is 5.24. The Morgan fingerprint density at radius 1 is 1.21 bits per heavy atom. The molecule has 0 fully saturated rings. The maximum atomic E-state index is 11.5. The molecular weight excluding hydrogens is 172 g/mol. The third kappa shape index (κ3) is 2.44. The summed E-state index contributed by atoms with van der Waals surface area (Å²) in [5, 5.41) is 0. The molecule has 1 aromatic carbocycles. The molecule has 0 aliphatic heterocycles. The van der Waals surface area contributed by atoms with Crippen molar-refractivity contribution in [3.63, 3.8) is 0 Å². The predicted octanol–water partition coefficient (Wildman–Crippen LogP) is 3.41. The normalized spacial score (nSPS) is 14.8. The van der Waals surface area contributed by atoms with E-state index in [2.05, 4.69) is 19.1 Å². The van der Waals surface area contributed by atoms with Crippen LogP contribution in [-0.4, -0.2) is 5.78 Å². The molecule has 76 valence electrons. The van der Waals surface area contributed by atoms with Crippen LogP contribution in [-0.2, 0) is 4.79 Å². The summed E-state index contributed by atoms with van der Waals surface area (Å²) in [4.78, 5) is 11.5. The molecule has 0 radical (unpaired) electrons. The number of ketones is 1. The van der Waals surface area contributed by atoms with Gasteiger partial charge in [-0.25, -0.2) is 0 Å². The van der Waals surface area contributed by atoms with Crippen molar-refractivity contribution in [3.8, 4) is 0 Å². The van der Waals surface area contributed by atoms with Gasteiger partial charge in [0.15, 0.2) is 0 Å². The maximum Gasteiger partial charge on any atom is 0.136 e. The minimum absolute atomic E-state index is 0.127. The van der Waals surface area contributed by atoms with Gasteiger partial charge in [0.1, 0.15) is 5.78 Å². The van der Waals surface area contributed by atoms with Crippen LogP contribution in [0, 0.1) is 5.92 Å². The zero-order valence-electron chi connectivity index (χ0n) is 9.16. The highest BCUT2D eigenvalue weighted by Crippen LogP contribution is 2.24. The summed E-state index contributed by atoms with van der Waals surface area (Å²) in [5.74, 6) is 0.799. The summed E-state index contributed by atoms with van der Waals surface area (Å²) in [6.07, 6.45) is 0.637. The van der Waals surface area contributed by atoms with Gasteiger partial charge < -0.3 is 0 Å². The molecule has 1 rings (SSSR count). The average Bonchev–Trinajstić information content (AvgIpc) is 2.27. The molecule has 0 saturated carbocycles. The van der Waals surface area contributed by atoms with Gasteiger partial charge in [0.2, 0.25) is 0 Å². The van der Waals surface area contributed by atoms with Crippen molar-refractivity contribution in [3.05, 3.63) is 35.9 Å². The van der Waals surface area contributed by atoms with E-state index in [0.29, 0.717) is 18.1 Å². The molecule has 0 spiro atoms. The standard InChI is InChI=1S/C13H18O/c1-4-13(14)11(3)10(2)12-8-6-5-7-9-12/h5-11H,4H2,1-3H3/t10-,11-/m1/s1. The fourth-order valence-electron chi connectivity index (χ4n) is 1.65. The fraction of sp³-hybridized carbons (Fsp3) is 0.462. The second-order valence-corrected chi connectivity index (χ2v) is 3.81. The van der Waals surface area contributed by atoms with E-state index >= 15 is 0 Å². The quantitative estimate of drug-likeness (QED) is 0.711. The summed E-state index contributed by atoms with van der Waals surface area (Å²) < 4.78 is 0. The van der Waals surface area contributed by atoms with Crippen LogP contribution in [0.25, 0.3) is 0 Å². The van der Waals surface area contributed by atoms with Gasteiger partial charge in [0, 0.05) is 12.3 Å². The van der Waals surface area contributed by atoms with Gasteiger partial charge in [-0.05, 0) is 11.5 Å². The van der Waals surface area contributed by atoms with Crippen LogP contribution in [0.5, 0.6) is 0 Å². The molecule has 0 aliphatic rings. The summed E-state index contributed by atoms with van der Waals surface area (Å²) in [7, 11) is 0. The summed E-state index contributed by atoms with van der Waals surface area (Å²) in [6.45, 7) is 6.06. The van der Waals surface area contributed by atoms with Crippen molar-refractivity contribution in [2.75, 3.05) is 0 Å². The molecule has 14 heavy (non-hydrogen) atoms. The zero-order chi connectivity index (χ0) is 10.6. The number of carbonyl (C=O) groups is 1. The Morgan fingerprint density at radius 3 is 2.29 bits per heavy atom. The van der Waals surface area contributed by atoms with Gasteiger partial charge in [-0.1, -0.05) is 51.1 Å². The molecule has 0 unspecified atom stereocenters. The lowest BCUT2D eigenvalue weighted by Gasteiger charge is -2.18. The topological polar surface area (TPSA) is 17.1 Å². The van der Waals surface area contributed by atoms with Crippen molar-refractivity contribution in [1.82, 2.24) is 0 Å². The third-order valence-corrected chi connectivity index (χ3v) is 2.93. The molecular formula is C13H18O. The third-order valence-electron chi connectivity index (χ3n) is 2.93. The van der Waals surface area contributed by atoms with Crippen molar-refractivity contribution in [2.24, 2.45) is 5.92 Å². The molecule has 0 aliphatic carbocycles. The van der Waals surface area contributed by atoms with Crippen LogP contribution in [0.4, 0.5) is 0 Å². The Hall–Kier alpha value is -1.11. The minimum Gasteiger partial charge on any atom is -0.299 e. The fourth-order valence-corrected chi connectivity index (χ4v) is 1.65. The van der Waals surface area contributed by atoms with Gasteiger partial charge in [0.25, 0.3) is 0 Å². The van der Waals surface area contributed by atoms with Gasteiger partial charge >= 0.3 is 0 Å². The molecule has 0 bridgehead atoms. The van der Waals surface area contributed by atoms with Gasteiger partial charge in [-0.2, -0.15) is 0 Å². The van der Waals surface area contributed by atoms with Gasteiger partial charge in [-0.3, -0.25) is 4.79 Å². The lowest BCUT2D eigenvalue weighted by molar-refractivity contribution is -0.122. The predicted molar refractivity (Wildman–Crippen MR) is 59.3 cm³/mol. The van der Waals surface area contributed by atoms with E-state index in [4.69, 9.17) is 0 Å². The van der Waals surface area contributed by atoms with E-state index in [0.717, 1.165) is 0 Å². The van der Waals surface area contributed by atoms with Crippen LogP contribution >= 0.6 is 0 Å². The molecule has 0 aromatic heterocycles. The molecule has 1 heteroatoms. The van der Waals surface area contributed by atoms with Crippen LogP contribution in [0.1, 0.15) is 38.7 Å². The van der Waals surface area contributed by atoms with E-state index in [-0.39, 0.29) is 5.92 Å². The van der Waals surface area contributed by atoms with E-state index in [1.807, 2.05) is 32.0 Å². The van der Waals surface area contributed by atoms with Crippen LogP contribution in [0.15, 0.2) is 30.3 Å². The van der Waals surface area contributed by atoms with E-state index < -0.39 is 0 Å². The molecule has 0 N–H and O–H groups in total. The van der Waals surface area contributed by atoms with Crippen LogP contribution in [0.2, 0.25) is 0 Å². The Balaban J connectivity index is 2.75. The summed E-state index contributed by atoms with van der Waals surface area (Å²) in [6, 6.07) is 10.2. The first-order valence-corrected chi connectivity index (χ1v) is 5.24. The van der Waals surface area contributed by atoms with Crippen molar-refractivity contribution in [2.45, 2.75) is 33.1 Å². The lowest BCUT2D eigenvalue weighted by Crippen LogP contribution is -2.16. The average molecular weight is 190 g/mol. The number of Topliss-reactive ketones (excluding diaryl/α,β-unsaturated/α-hetero) is 1. The van der Waals surface area contributed by atoms with Crippen LogP contribution in [0.3, 0.4) is 0 Å². The highest BCUT2D eigenvalue weighted by Gasteiger charge is 2.19. The molecule has 0 heterocycles. The second kappa shape index (κ2) is 4.94. The molecule has 1 aromatic rings. The molecule has 0 amide bonds. The minimum atomic E-state index is 0.127. The largest absolute Gasteiger partial charge is 0.299 e. The first kappa shape index (κ1) is 11.0. The van der Waals surface area contributed by atoms with E-state index in [1.54, 1.807) is 0 Å². The number of rotatable bonds is 4. The van der Waals surface area contributed by atoms with Gasteiger partial charge in [0.05, 0.1) is 0 Å². The summed E-state index contributed by atoms with van der Waals surface area (Å²) >= 11 is 0. The van der Waals surface area contributed by atoms with E-state index in [9.17, 15) is 4.79 Å². The van der Waals surface area contributed by atoms with Crippen LogP contribution < -0.4 is 0 Å². The highest BCUT2D eigenvalue weighted by atomic mass is 16.1. The second-order valence-electron chi connectivity index (χ2n) is 3.81. The highest BCUT2D eigenvalue weighted by molar-refractivity contribution is 5.81. The number of hydrogen-bond acceptors (Lipinski definition) is 1. The maximum absolute atomic E-state index is 11.5. The summed E-state index contributed by atoms with van der Waals surface area (Å²) in [5.41, 5.74) is 1.25. The SMILES string of the molecule is CCC(=O)[C@H](C)[C@@H](C)c1ccccc1. The molecule has 1 nitrogen and oxygen atoms in total. The number of benzene rings is 1. The van der Waals surface area contributed by atoms with Gasteiger partial charge in [-0.15, -0.1) is 0 Å². The monoisotopic (exact) mass is 190 g/mol. The van der Waals surface area contributed by atoms with Crippen molar-refractivity contribution >= 4 is 5.78 Å². The molecule has 2 atom stereocenters. The Kier molecular flexibility index (Phi) is 3.87. The lowest BCUT2D eigenvalue weighted by atomic mass is 9.85. The zero-order valence-corrected chi connectivity index (χ0v) is 9.16. The van der Waals surface area contributed by atoms with Crippen molar-refractivity contribution in [1.29, 1.82) is 0 Å². The molecule has 0 saturated heterocycles. The Morgan fingerprint density at radius 2 is 1.79 bits per heavy atom. The smallest absolute Gasteiger partial charge is 0.136 e.